The summed E-state index contributed by atoms with van der Waals surface area (Å²) in [6.45, 7) is 0.581. The first-order valence-corrected chi connectivity index (χ1v) is 8.95. The molecule has 26 heavy (non-hydrogen) atoms. The van der Waals surface area contributed by atoms with Crippen molar-refractivity contribution in [1.82, 2.24) is 10.6 Å². The summed E-state index contributed by atoms with van der Waals surface area (Å²) in [5, 5.41) is 17.4. The van der Waals surface area contributed by atoms with Gasteiger partial charge in [-0.25, -0.2) is 4.79 Å². The fraction of sp³-hybridized carbons (Fsp3) is 0.227. The van der Waals surface area contributed by atoms with Gasteiger partial charge in [0.1, 0.15) is 0 Å². The van der Waals surface area contributed by atoms with E-state index in [9.17, 15) is 4.79 Å². The molecule has 0 saturated heterocycles. The highest BCUT2D eigenvalue weighted by molar-refractivity contribution is 5.86. The number of carbonyl (C=O) groups is 1. The van der Waals surface area contributed by atoms with Gasteiger partial charge in [-0.2, -0.15) is 0 Å². The van der Waals surface area contributed by atoms with Crippen LogP contribution in [0.1, 0.15) is 30.0 Å². The normalized spacial score (nSPS) is 11.9. The van der Waals surface area contributed by atoms with E-state index in [0.717, 1.165) is 21.9 Å². The zero-order chi connectivity index (χ0) is 18.2. The molecule has 4 nitrogen and oxygen atoms in total. The van der Waals surface area contributed by atoms with Crippen molar-refractivity contribution in [3.63, 3.8) is 0 Å². The van der Waals surface area contributed by atoms with Crippen LogP contribution in [0.5, 0.6) is 0 Å². The van der Waals surface area contributed by atoms with E-state index in [1.165, 1.54) is 0 Å². The molecule has 2 amide bonds. The Bertz CT molecular complexity index is 844. The van der Waals surface area contributed by atoms with Gasteiger partial charge in [-0.05, 0) is 34.7 Å². The minimum absolute atomic E-state index is 0.114. The lowest BCUT2D eigenvalue weighted by Gasteiger charge is -2.19. The second-order valence-corrected chi connectivity index (χ2v) is 6.29. The molecule has 0 aromatic heterocycles. The number of carbonyl (C=O) groups excluding carboxylic acids is 1. The van der Waals surface area contributed by atoms with Crippen LogP contribution in [-0.4, -0.2) is 17.7 Å². The van der Waals surface area contributed by atoms with Crippen molar-refractivity contribution in [2.75, 3.05) is 6.61 Å². The summed E-state index contributed by atoms with van der Waals surface area (Å²) in [5.41, 5.74) is 2.13. The van der Waals surface area contributed by atoms with Gasteiger partial charge < -0.3 is 15.7 Å². The van der Waals surface area contributed by atoms with Gasteiger partial charge in [-0.15, -0.1) is 0 Å². The van der Waals surface area contributed by atoms with Gasteiger partial charge in [0, 0.05) is 13.2 Å². The van der Waals surface area contributed by atoms with Crippen LogP contribution >= 0.6 is 0 Å². The number of hydrogen-bond acceptors (Lipinski definition) is 2. The van der Waals surface area contributed by atoms with E-state index in [2.05, 4.69) is 28.8 Å². The van der Waals surface area contributed by atoms with Gasteiger partial charge >= 0.3 is 6.03 Å². The van der Waals surface area contributed by atoms with E-state index < -0.39 is 0 Å². The molecule has 3 N–H and O–H groups in total. The summed E-state index contributed by atoms with van der Waals surface area (Å²) in [6.07, 6.45) is 1.34. The number of nitrogens with one attached hydrogen (secondary N) is 2. The zero-order valence-corrected chi connectivity index (χ0v) is 14.7. The van der Waals surface area contributed by atoms with Gasteiger partial charge in [0.25, 0.3) is 0 Å². The monoisotopic (exact) mass is 348 g/mol. The van der Waals surface area contributed by atoms with Crippen molar-refractivity contribution in [3.05, 3.63) is 83.9 Å². The zero-order valence-electron chi connectivity index (χ0n) is 14.7. The number of aliphatic hydroxyl groups excluding tert-OH is 1. The van der Waals surface area contributed by atoms with Gasteiger partial charge in [-0.1, -0.05) is 72.8 Å². The molecule has 0 aliphatic rings. The van der Waals surface area contributed by atoms with Crippen LogP contribution in [0.2, 0.25) is 0 Å². The molecule has 1 atom stereocenters. The Kier molecular flexibility index (Phi) is 6.23. The number of hydrogen-bond donors (Lipinski definition) is 3. The standard InChI is InChI=1S/C22H24N2O2/c25-15-7-14-21(18-9-2-1-3-10-18)24-22(26)23-16-19-12-6-11-17-8-4-5-13-20(17)19/h1-6,8-13,21,25H,7,14-16H2,(H2,23,24,26). The highest BCUT2D eigenvalue weighted by atomic mass is 16.3. The average Bonchev–Trinajstić information content (AvgIpc) is 2.70. The summed E-state index contributed by atoms with van der Waals surface area (Å²) in [4.78, 5) is 12.4. The molecule has 0 aliphatic heterocycles. The second kappa shape index (κ2) is 9.02. The van der Waals surface area contributed by atoms with Gasteiger partial charge in [0.05, 0.1) is 6.04 Å². The van der Waals surface area contributed by atoms with Crippen LogP contribution in [0, 0.1) is 0 Å². The molecule has 3 rings (SSSR count). The van der Waals surface area contributed by atoms with Crippen LogP contribution < -0.4 is 10.6 Å². The fourth-order valence-corrected chi connectivity index (χ4v) is 3.13. The van der Waals surface area contributed by atoms with E-state index in [0.29, 0.717) is 19.4 Å². The Morgan fingerprint density at radius 3 is 2.46 bits per heavy atom. The van der Waals surface area contributed by atoms with Crippen LogP contribution in [0.25, 0.3) is 10.8 Å². The molecule has 0 heterocycles. The third kappa shape index (κ3) is 4.61. The first-order valence-electron chi connectivity index (χ1n) is 8.95. The topological polar surface area (TPSA) is 61.4 Å². The highest BCUT2D eigenvalue weighted by Crippen LogP contribution is 2.19. The van der Waals surface area contributed by atoms with Crippen molar-refractivity contribution in [1.29, 1.82) is 0 Å². The van der Waals surface area contributed by atoms with Gasteiger partial charge in [0.15, 0.2) is 0 Å². The predicted octanol–water partition coefficient (Wildman–Crippen LogP) is 4.15. The summed E-state index contributed by atoms with van der Waals surface area (Å²) < 4.78 is 0. The van der Waals surface area contributed by atoms with Crippen LogP contribution in [-0.2, 0) is 6.54 Å². The molecule has 0 fully saturated rings. The number of urea groups is 1. The quantitative estimate of drug-likeness (QED) is 0.600. The van der Waals surface area contributed by atoms with Crippen molar-refractivity contribution in [2.24, 2.45) is 0 Å². The largest absolute Gasteiger partial charge is 0.396 e. The van der Waals surface area contributed by atoms with E-state index in [-0.39, 0.29) is 18.7 Å². The van der Waals surface area contributed by atoms with E-state index in [1.54, 1.807) is 0 Å². The molecule has 1 unspecified atom stereocenters. The molecular formula is C22H24N2O2. The maximum atomic E-state index is 12.4. The SMILES string of the molecule is O=C(NCc1cccc2ccccc12)NC(CCCO)c1ccccc1. The third-order valence-corrected chi connectivity index (χ3v) is 4.48. The van der Waals surface area contributed by atoms with Crippen LogP contribution in [0.3, 0.4) is 0 Å². The number of benzene rings is 3. The van der Waals surface area contributed by atoms with Crippen molar-refractivity contribution < 1.29 is 9.90 Å². The molecule has 4 heteroatoms. The Labute approximate surface area is 153 Å². The first kappa shape index (κ1) is 18.0. The predicted molar refractivity (Wildman–Crippen MR) is 105 cm³/mol. The lowest BCUT2D eigenvalue weighted by molar-refractivity contribution is 0.232. The number of rotatable bonds is 7. The maximum absolute atomic E-state index is 12.4. The van der Waals surface area contributed by atoms with E-state index in [4.69, 9.17) is 5.11 Å². The number of fused-ring (bicyclic) bond motifs is 1. The molecule has 3 aromatic rings. The van der Waals surface area contributed by atoms with Gasteiger partial charge in [0.2, 0.25) is 0 Å². The lowest BCUT2D eigenvalue weighted by Crippen LogP contribution is -2.37. The average molecular weight is 348 g/mol. The molecule has 0 bridgehead atoms. The molecule has 3 aromatic carbocycles. The summed E-state index contributed by atoms with van der Waals surface area (Å²) in [5.74, 6) is 0. The molecule has 0 saturated carbocycles. The molecular weight excluding hydrogens is 324 g/mol. The first-order chi connectivity index (χ1) is 12.8. The fourth-order valence-electron chi connectivity index (χ4n) is 3.13. The third-order valence-electron chi connectivity index (χ3n) is 4.48. The smallest absolute Gasteiger partial charge is 0.315 e. The summed E-state index contributed by atoms with van der Waals surface area (Å²) >= 11 is 0. The Morgan fingerprint density at radius 1 is 0.923 bits per heavy atom. The Balaban J connectivity index is 1.64. The highest BCUT2D eigenvalue weighted by Gasteiger charge is 2.14. The van der Waals surface area contributed by atoms with Crippen LogP contribution in [0.15, 0.2) is 72.8 Å². The minimum Gasteiger partial charge on any atom is -0.396 e. The maximum Gasteiger partial charge on any atom is 0.315 e. The molecule has 0 radical (unpaired) electrons. The van der Waals surface area contributed by atoms with Crippen molar-refractivity contribution in [3.8, 4) is 0 Å². The van der Waals surface area contributed by atoms with Crippen LogP contribution in [0.4, 0.5) is 4.79 Å². The minimum atomic E-state index is -0.204. The molecule has 0 aliphatic carbocycles. The molecule has 134 valence electrons. The van der Waals surface area contributed by atoms with Gasteiger partial charge in [-0.3, -0.25) is 0 Å². The number of aliphatic hydroxyl groups is 1. The van der Waals surface area contributed by atoms with Crippen molar-refractivity contribution in [2.45, 2.75) is 25.4 Å². The Morgan fingerprint density at radius 2 is 1.65 bits per heavy atom. The van der Waals surface area contributed by atoms with Crippen molar-refractivity contribution >= 4 is 16.8 Å². The van der Waals surface area contributed by atoms with E-state index in [1.807, 2.05) is 54.6 Å². The Hall–Kier alpha value is -2.85. The molecule has 0 spiro atoms. The summed E-state index contributed by atoms with van der Waals surface area (Å²) in [7, 11) is 0. The second-order valence-electron chi connectivity index (χ2n) is 6.29. The lowest BCUT2D eigenvalue weighted by atomic mass is 10.0. The summed E-state index contributed by atoms with van der Waals surface area (Å²) in [6, 6.07) is 23.8. The van der Waals surface area contributed by atoms with E-state index >= 15 is 0 Å². The number of amides is 2.